The van der Waals surface area contributed by atoms with Crippen molar-refractivity contribution >= 4 is 46.0 Å². The summed E-state index contributed by atoms with van der Waals surface area (Å²) >= 11 is 7.05. The van der Waals surface area contributed by atoms with Gasteiger partial charge in [0.25, 0.3) is 5.91 Å². The van der Waals surface area contributed by atoms with Crippen LogP contribution in [0, 0.1) is 5.82 Å². The minimum absolute atomic E-state index is 0.0624. The first-order valence-corrected chi connectivity index (χ1v) is 6.88. The van der Waals surface area contributed by atoms with E-state index in [-0.39, 0.29) is 5.56 Å². The number of carbonyl (C=O) groups is 1. The zero-order valence-electron chi connectivity index (χ0n) is 10.3. The lowest BCUT2D eigenvalue weighted by atomic mass is 10.1. The molecular weight excluding hydrogens is 317 g/mol. The van der Waals surface area contributed by atoms with Crippen LogP contribution in [-0.4, -0.2) is 19.8 Å². The van der Waals surface area contributed by atoms with E-state index in [1.54, 1.807) is 12.1 Å². The number of phenols is 1. The highest BCUT2D eigenvalue weighted by atomic mass is 35.5. The minimum atomic E-state index is -0.632. The van der Waals surface area contributed by atoms with Gasteiger partial charge >= 0.3 is 0 Å². The molecule has 0 unspecified atom stereocenters. The van der Waals surface area contributed by atoms with Gasteiger partial charge in [0.1, 0.15) is 22.6 Å². The van der Waals surface area contributed by atoms with Crippen LogP contribution in [0.25, 0.3) is 11.0 Å². The Hall–Kier alpha value is -2.25. The number of carbonyl (C=O) groups excluding carboxylic acids is 1. The maximum Gasteiger partial charge on any atom is 0.259 e. The molecular formula is C13H7ClFN3O2S. The van der Waals surface area contributed by atoms with Crippen molar-refractivity contribution in [2.24, 2.45) is 0 Å². The lowest BCUT2D eigenvalue weighted by molar-refractivity contribution is 0.102. The van der Waals surface area contributed by atoms with Crippen LogP contribution < -0.4 is 5.32 Å². The molecule has 0 aliphatic heterocycles. The first kappa shape index (κ1) is 13.7. The fourth-order valence-electron chi connectivity index (χ4n) is 1.82. The summed E-state index contributed by atoms with van der Waals surface area (Å²) in [7, 11) is 0. The van der Waals surface area contributed by atoms with Crippen LogP contribution in [0.2, 0.25) is 5.02 Å². The number of anilines is 1. The quantitative estimate of drug-likeness (QED) is 0.757. The van der Waals surface area contributed by atoms with Gasteiger partial charge in [-0.1, -0.05) is 11.6 Å². The Morgan fingerprint density at radius 3 is 2.86 bits per heavy atom. The maximum atomic E-state index is 12.9. The van der Waals surface area contributed by atoms with Gasteiger partial charge < -0.3 is 10.4 Å². The molecule has 2 aromatic carbocycles. The number of nitrogens with one attached hydrogen (secondary N) is 1. The lowest BCUT2D eigenvalue weighted by Gasteiger charge is -2.08. The van der Waals surface area contributed by atoms with Crippen molar-refractivity contribution in [1.29, 1.82) is 0 Å². The molecule has 5 nitrogen and oxygen atoms in total. The Bertz CT molecular complexity index is 853. The second-order valence-electron chi connectivity index (χ2n) is 4.17. The molecule has 0 aliphatic carbocycles. The molecule has 0 bridgehead atoms. The number of nitrogens with zero attached hydrogens (tertiary/aromatic N) is 2. The van der Waals surface area contributed by atoms with Crippen molar-refractivity contribution in [2.45, 2.75) is 0 Å². The molecule has 1 amide bonds. The number of halogens is 2. The number of phenolic OH excluding ortho intramolecular Hbond substituents is 1. The molecule has 8 heteroatoms. The molecule has 3 aromatic rings. The average Bonchev–Trinajstić information content (AvgIpc) is 2.90. The van der Waals surface area contributed by atoms with E-state index < -0.39 is 17.5 Å². The third-order valence-electron chi connectivity index (χ3n) is 2.82. The highest BCUT2D eigenvalue weighted by Gasteiger charge is 2.16. The van der Waals surface area contributed by atoms with Crippen LogP contribution >= 0.6 is 23.3 Å². The smallest absolute Gasteiger partial charge is 0.259 e. The molecule has 106 valence electrons. The van der Waals surface area contributed by atoms with Gasteiger partial charge in [0.15, 0.2) is 0 Å². The molecule has 1 heterocycles. The van der Waals surface area contributed by atoms with Crippen LogP contribution in [0.3, 0.4) is 0 Å². The Morgan fingerprint density at radius 1 is 1.29 bits per heavy atom. The van der Waals surface area contributed by atoms with Crippen LogP contribution in [0.4, 0.5) is 10.1 Å². The van der Waals surface area contributed by atoms with Gasteiger partial charge in [-0.3, -0.25) is 4.79 Å². The zero-order chi connectivity index (χ0) is 15.0. The number of hydrogen-bond acceptors (Lipinski definition) is 5. The first-order chi connectivity index (χ1) is 10.1. The summed E-state index contributed by atoms with van der Waals surface area (Å²) in [5.41, 5.74) is 1.30. The summed E-state index contributed by atoms with van der Waals surface area (Å²) in [5.74, 6) is -1.70. The SMILES string of the molecule is O=C(Nc1c(Cl)ccc2nsnc12)c1ccc(F)cc1O. The van der Waals surface area contributed by atoms with E-state index in [2.05, 4.69) is 14.1 Å². The highest BCUT2D eigenvalue weighted by molar-refractivity contribution is 7.00. The Balaban J connectivity index is 2.00. The van der Waals surface area contributed by atoms with Crippen molar-refractivity contribution in [3.8, 4) is 5.75 Å². The second kappa shape index (κ2) is 5.27. The van der Waals surface area contributed by atoms with Gasteiger partial charge in [-0.05, 0) is 24.3 Å². The molecule has 1 aromatic heterocycles. The van der Waals surface area contributed by atoms with Gasteiger partial charge in [-0.25, -0.2) is 4.39 Å². The summed E-state index contributed by atoms with van der Waals surface area (Å²) in [5, 5.41) is 12.5. The predicted molar refractivity (Wildman–Crippen MR) is 78.4 cm³/mol. The zero-order valence-corrected chi connectivity index (χ0v) is 11.9. The second-order valence-corrected chi connectivity index (χ2v) is 5.11. The van der Waals surface area contributed by atoms with Gasteiger partial charge in [-0.15, -0.1) is 0 Å². The van der Waals surface area contributed by atoms with Gasteiger partial charge in [-0.2, -0.15) is 8.75 Å². The van der Waals surface area contributed by atoms with E-state index in [4.69, 9.17) is 11.6 Å². The van der Waals surface area contributed by atoms with Gasteiger partial charge in [0.2, 0.25) is 0 Å². The molecule has 0 fully saturated rings. The van der Waals surface area contributed by atoms with E-state index in [0.29, 0.717) is 21.7 Å². The van der Waals surface area contributed by atoms with Gasteiger partial charge in [0.05, 0.1) is 28.0 Å². The predicted octanol–water partition coefficient (Wildman–Crippen LogP) is 3.44. The number of hydrogen-bond donors (Lipinski definition) is 2. The normalized spacial score (nSPS) is 10.8. The summed E-state index contributed by atoms with van der Waals surface area (Å²) < 4.78 is 21.1. The van der Waals surface area contributed by atoms with E-state index >= 15 is 0 Å². The average molecular weight is 324 g/mol. The molecule has 21 heavy (non-hydrogen) atoms. The summed E-state index contributed by atoms with van der Waals surface area (Å²) in [4.78, 5) is 12.2. The van der Waals surface area contributed by atoms with Crippen LogP contribution in [0.5, 0.6) is 5.75 Å². The molecule has 3 rings (SSSR count). The van der Waals surface area contributed by atoms with Crippen LogP contribution in [0.1, 0.15) is 10.4 Å². The standard InChI is InChI=1S/C13H7ClFN3O2S/c14-8-3-4-9-12(18-21-17-9)11(8)16-13(20)7-2-1-6(15)5-10(7)19/h1-5,19H,(H,16,20). The van der Waals surface area contributed by atoms with E-state index in [1.165, 1.54) is 6.07 Å². The number of aromatic nitrogens is 2. The molecule has 2 N–H and O–H groups in total. The Labute approximate surface area is 127 Å². The largest absolute Gasteiger partial charge is 0.507 e. The Kier molecular flexibility index (Phi) is 3.44. The number of fused-ring (bicyclic) bond motifs is 1. The van der Waals surface area contributed by atoms with E-state index in [0.717, 1.165) is 23.9 Å². The van der Waals surface area contributed by atoms with Crippen LogP contribution in [-0.2, 0) is 0 Å². The minimum Gasteiger partial charge on any atom is -0.507 e. The van der Waals surface area contributed by atoms with Crippen molar-refractivity contribution in [1.82, 2.24) is 8.75 Å². The van der Waals surface area contributed by atoms with E-state index in [1.807, 2.05) is 0 Å². The van der Waals surface area contributed by atoms with Gasteiger partial charge in [0, 0.05) is 6.07 Å². The molecule has 0 spiro atoms. The summed E-state index contributed by atoms with van der Waals surface area (Å²) in [6.45, 7) is 0. The van der Waals surface area contributed by atoms with Crippen LogP contribution in [0.15, 0.2) is 30.3 Å². The monoisotopic (exact) mass is 323 g/mol. The van der Waals surface area contributed by atoms with Crippen molar-refractivity contribution in [3.63, 3.8) is 0 Å². The van der Waals surface area contributed by atoms with E-state index in [9.17, 15) is 14.3 Å². The summed E-state index contributed by atoms with van der Waals surface area (Å²) in [6, 6.07) is 6.41. The van der Waals surface area contributed by atoms with Crippen molar-refractivity contribution < 1.29 is 14.3 Å². The number of benzene rings is 2. The molecule has 0 radical (unpaired) electrons. The fourth-order valence-corrected chi connectivity index (χ4v) is 2.57. The number of amides is 1. The Morgan fingerprint density at radius 2 is 2.10 bits per heavy atom. The maximum absolute atomic E-state index is 12.9. The lowest BCUT2D eigenvalue weighted by Crippen LogP contribution is -2.13. The molecule has 0 saturated carbocycles. The fraction of sp³-hybridized carbons (Fsp3) is 0. The topological polar surface area (TPSA) is 75.1 Å². The molecule has 0 aliphatic rings. The van der Waals surface area contributed by atoms with Crippen molar-refractivity contribution in [3.05, 3.63) is 46.7 Å². The third-order valence-corrected chi connectivity index (χ3v) is 3.68. The molecule has 0 atom stereocenters. The first-order valence-electron chi connectivity index (χ1n) is 5.77. The number of aromatic hydroxyl groups is 1. The summed E-state index contributed by atoms with van der Waals surface area (Å²) in [6.07, 6.45) is 0. The van der Waals surface area contributed by atoms with Crippen molar-refractivity contribution in [2.75, 3.05) is 5.32 Å². The third kappa shape index (κ3) is 2.53. The molecule has 0 saturated heterocycles. The number of rotatable bonds is 2. The highest BCUT2D eigenvalue weighted by Crippen LogP contribution is 2.31.